The summed E-state index contributed by atoms with van der Waals surface area (Å²) in [5.41, 5.74) is -1.02. The van der Waals surface area contributed by atoms with Crippen LogP contribution in [0.15, 0.2) is 0 Å². The number of rotatable bonds is 4. The summed E-state index contributed by atoms with van der Waals surface area (Å²) in [7, 11) is 0. The maximum absolute atomic E-state index is 12.0. The molecule has 0 aliphatic carbocycles. The monoisotopic (exact) mass is 264 g/mol. The second kappa shape index (κ2) is 6.83. The van der Waals surface area contributed by atoms with Gasteiger partial charge in [-0.3, -0.25) is 9.59 Å². The summed E-state index contributed by atoms with van der Waals surface area (Å²) in [5.74, 6) is -0.687. The Hall–Kier alpha value is 0.0300. The molecule has 0 radical (unpaired) electrons. The molecule has 1 aliphatic heterocycles. The minimum absolute atomic E-state index is 0. The largest absolute Gasteiger partial charge is 1.00 e. The molecule has 1 heterocycles. The first-order valence-electron chi connectivity index (χ1n) is 5.60. The third-order valence-corrected chi connectivity index (χ3v) is 3.52. The number of amides is 2. The van der Waals surface area contributed by atoms with Gasteiger partial charge in [0, 0.05) is 5.11 Å². The summed E-state index contributed by atoms with van der Waals surface area (Å²) >= 11 is 4.74. The van der Waals surface area contributed by atoms with Crippen LogP contribution in [0.25, 0.3) is 5.32 Å². The van der Waals surface area contributed by atoms with E-state index < -0.39 is 5.41 Å². The Balaban J connectivity index is 0.00000256. The van der Waals surface area contributed by atoms with Gasteiger partial charge >= 0.3 is 29.6 Å². The van der Waals surface area contributed by atoms with Gasteiger partial charge in [0.25, 0.3) is 0 Å². The molecule has 0 aromatic heterocycles. The predicted octanol–water partition coefficient (Wildman–Crippen LogP) is -0.862. The average molecular weight is 264 g/mol. The number of nitrogens with zero attached hydrogens (tertiary/aromatic N) is 1. The van der Waals surface area contributed by atoms with Crippen molar-refractivity contribution in [3.8, 4) is 0 Å². The second-order valence-electron chi connectivity index (χ2n) is 4.19. The molecular weight excluding hydrogens is 247 g/mol. The van der Waals surface area contributed by atoms with E-state index in [2.05, 4.69) is 10.6 Å². The number of carbonyl (C=O) groups excluding carboxylic acids is 2. The van der Waals surface area contributed by atoms with Gasteiger partial charge in [-0.25, -0.2) is 0 Å². The molecule has 1 fully saturated rings. The first kappa shape index (κ1) is 17.0. The number of thiocarbonyl (C=S) groups is 1. The van der Waals surface area contributed by atoms with Crippen LogP contribution in [0.5, 0.6) is 0 Å². The summed E-state index contributed by atoms with van der Waals surface area (Å²) in [4.78, 5) is 24.0. The van der Waals surface area contributed by atoms with Crippen molar-refractivity contribution in [2.24, 2.45) is 11.3 Å². The molecule has 1 N–H and O–H groups in total. The summed E-state index contributed by atoms with van der Waals surface area (Å²) in [6, 6.07) is 0. The maximum atomic E-state index is 12.0. The number of hydrogen-bond donors (Lipinski definition) is 1. The van der Waals surface area contributed by atoms with E-state index in [4.69, 9.17) is 12.2 Å². The number of carbonyl (C=O) groups is 2. The van der Waals surface area contributed by atoms with Crippen LogP contribution < -0.4 is 34.9 Å². The average Bonchev–Trinajstić information content (AvgIpc) is 2.18. The summed E-state index contributed by atoms with van der Waals surface area (Å²) in [6.45, 7) is 5.80. The molecule has 4 nitrogen and oxygen atoms in total. The minimum Gasteiger partial charge on any atom is -0.418 e. The Labute approximate surface area is 130 Å². The second-order valence-corrected chi connectivity index (χ2v) is 4.58. The van der Waals surface area contributed by atoms with Crippen molar-refractivity contribution in [1.29, 1.82) is 0 Å². The van der Waals surface area contributed by atoms with E-state index >= 15 is 0 Å². The molecule has 1 aliphatic rings. The summed E-state index contributed by atoms with van der Waals surface area (Å²) < 4.78 is 0. The van der Waals surface area contributed by atoms with E-state index in [0.717, 1.165) is 12.8 Å². The zero-order valence-corrected chi connectivity index (χ0v) is 13.7. The standard InChI is InChI=1S/C11H18N2O2S.Na/c1-4-6-7(3)11(5-2)8(14)12-10(16)13-9(11)15;/h7H,4-6H2,1-3H3,(H2,12,13,14,15,16);/q;+1/p-1/t7-;/m0./s1. The maximum Gasteiger partial charge on any atom is 1.00 e. The molecule has 0 bridgehead atoms. The van der Waals surface area contributed by atoms with Gasteiger partial charge in [0.1, 0.15) is 0 Å². The minimum atomic E-state index is -1.02. The summed E-state index contributed by atoms with van der Waals surface area (Å²) in [6.07, 6.45) is 2.23. The molecule has 1 rings (SSSR count). The van der Waals surface area contributed by atoms with Crippen molar-refractivity contribution in [3.05, 3.63) is 5.32 Å². The molecule has 6 heteroatoms. The van der Waals surface area contributed by atoms with Crippen LogP contribution in [0, 0.1) is 11.3 Å². The summed E-state index contributed by atoms with van der Waals surface area (Å²) in [5, 5.41) is 6.21. The van der Waals surface area contributed by atoms with Crippen molar-refractivity contribution >= 4 is 29.1 Å². The molecule has 1 unspecified atom stereocenters. The van der Waals surface area contributed by atoms with E-state index in [-0.39, 0.29) is 52.4 Å². The molecule has 0 saturated carbocycles. The van der Waals surface area contributed by atoms with Crippen LogP contribution in [-0.4, -0.2) is 16.9 Å². The Kier molecular flexibility index (Phi) is 6.84. The van der Waals surface area contributed by atoms with E-state index in [0.29, 0.717) is 6.42 Å². The van der Waals surface area contributed by atoms with Gasteiger partial charge in [0.15, 0.2) is 11.8 Å². The topological polar surface area (TPSA) is 60.3 Å². The molecule has 2 atom stereocenters. The van der Waals surface area contributed by atoms with Gasteiger partial charge in [0.2, 0.25) is 0 Å². The molecule has 0 aromatic carbocycles. The van der Waals surface area contributed by atoms with Crippen molar-refractivity contribution in [3.63, 3.8) is 0 Å². The van der Waals surface area contributed by atoms with Crippen molar-refractivity contribution in [2.75, 3.05) is 0 Å². The van der Waals surface area contributed by atoms with E-state index in [1.807, 2.05) is 20.8 Å². The molecule has 1 saturated heterocycles. The van der Waals surface area contributed by atoms with Crippen LogP contribution in [0.1, 0.15) is 40.0 Å². The molecule has 90 valence electrons. The van der Waals surface area contributed by atoms with Crippen LogP contribution >= 0.6 is 12.2 Å². The van der Waals surface area contributed by atoms with Gasteiger partial charge in [-0.15, -0.1) is 0 Å². The zero-order valence-electron chi connectivity index (χ0n) is 10.9. The van der Waals surface area contributed by atoms with Gasteiger partial charge < -0.3 is 10.6 Å². The Bertz CT molecular complexity index is 313. The van der Waals surface area contributed by atoms with Crippen molar-refractivity contribution in [2.45, 2.75) is 40.0 Å². The van der Waals surface area contributed by atoms with Crippen molar-refractivity contribution in [1.82, 2.24) is 5.32 Å². The third-order valence-electron chi connectivity index (χ3n) is 3.33. The van der Waals surface area contributed by atoms with Crippen LogP contribution in [0.4, 0.5) is 0 Å². The van der Waals surface area contributed by atoms with Gasteiger partial charge in [-0.05, 0) is 18.8 Å². The fraction of sp³-hybridized carbons (Fsp3) is 0.727. The van der Waals surface area contributed by atoms with E-state index in [1.54, 1.807) is 0 Å². The fourth-order valence-corrected chi connectivity index (χ4v) is 2.48. The molecule has 2 amide bonds. The molecular formula is C11H17N2NaO2S. The Morgan fingerprint density at radius 1 is 1.41 bits per heavy atom. The first-order valence-corrected chi connectivity index (χ1v) is 6.01. The molecule has 0 aromatic rings. The van der Waals surface area contributed by atoms with Crippen LogP contribution in [0.2, 0.25) is 0 Å². The zero-order chi connectivity index (χ0) is 12.3. The van der Waals surface area contributed by atoms with E-state index in [1.165, 1.54) is 0 Å². The van der Waals surface area contributed by atoms with E-state index in [9.17, 15) is 9.59 Å². The number of nitrogens with one attached hydrogen (secondary N) is 1. The first-order chi connectivity index (χ1) is 7.48. The van der Waals surface area contributed by atoms with Crippen molar-refractivity contribution < 1.29 is 39.1 Å². The Morgan fingerprint density at radius 3 is 2.41 bits per heavy atom. The SMILES string of the molecule is CCC[C@H](C)C1(CC)C(=O)[N-]C(=S)NC1=O.[Na+]. The predicted molar refractivity (Wildman–Crippen MR) is 65.9 cm³/mol. The fourth-order valence-electron chi connectivity index (χ4n) is 2.30. The normalized spacial score (nSPS) is 25.7. The number of hydrogen-bond acceptors (Lipinski definition) is 3. The third kappa shape index (κ3) is 3.08. The van der Waals surface area contributed by atoms with Crippen LogP contribution in [-0.2, 0) is 9.59 Å². The molecule has 17 heavy (non-hydrogen) atoms. The van der Waals surface area contributed by atoms with Gasteiger partial charge in [0.05, 0.1) is 5.41 Å². The molecule has 0 spiro atoms. The Morgan fingerprint density at radius 2 is 2.00 bits per heavy atom. The smallest absolute Gasteiger partial charge is 0.418 e. The van der Waals surface area contributed by atoms with Crippen LogP contribution in [0.3, 0.4) is 0 Å². The quantitative estimate of drug-likeness (QED) is 0.408. The van der Waals surface area contributed by atoms with Gasteiger partial charge in [-0.1, -0.05) is 39.4 Å². The van der Waals surface area contributed by atoms with Gasteiger partial charge in [-0.2, -0.15) is 0 Å².